The molecule has 0 bridgehead atoms. The zero-order valence-corrected chi connectivity index (χ0v) is 42.1. The zero-order valence-electron chi connectivity index (χ0n) is 41.4. The number of nitrogens with one attached hydrogen (secondary N) is 2. The van der Waals surface area contributed by atoms with E-state index in [0.717, 1.165) is 49.8 Å². The van der Waals surface area contributed by atoms with E-state index in [9.17, 15) is 28.4 Å². The molecular weight excluding hydrogens is 929 g/mol. The maximum Gasteiger partial charge on any atom is 0.355 e. The van der Waals surface area contributed by atoms with Gasteiger partial charge in [0, 0.05) is 85.9 Å². The van der Waals surface area contributed by atoms with Crippen LogP contribution in [0.15, 0.2) is 66.7 Å². The molecule has 8 rings (SSSR count). The molecule has 2 aliphatic heterocycles. The van der Waals surface area contributed by atoms with E-state index in [1.54, 1.807) is 29.2 Å². The number of carbonyl (C=O) groups is 5. The minimum absolute atomic E-state index is 0.151. The summed E-state index contributed by atoms with van der Waals surface area (Å²) in [6, 6.07) is 18.2. The average Bonchev–Trinajstić information content (AvgIpc) is 3.78. The first-order chi connectivity index (χ1) is 33.9. The fourth-order valence-corrected chi connectivity index (χ4v) is 9.87. The van der Waals surface area contributed by atoms with Crippen molar-refractivity contribution in [3.63, 3.8) is 0 Å². The first-order valence-electron chi connectivity index (χ1n) is 24.2. The predicted molar refractivity (Wildman–Crippen MR) is 269 cm³/mol. The number of benzene rings is 4. The highest BCUT2D eigenvalue weighted by atomic mass is 35.5. The minimum atomic E-state index is -0.797. The molecule has 0 spiro atoms. The Labute approximate surface area is 417 Å². The van der Waals surface area contributed by atoms with Gasteiger partial charge in [-0.3, -0.25) is 34.1 Å². The van der Waals surface area contributed by atoms with Crippen LogP contribution in [0.25, 0.3) is 32.8 Å². The molecule has 2 N–H and O–H groups in total. The van der Waals surface area contributed by atoms with Gasteiger partial charge in [0.25, 0.3) is 11.8 Å². The number of piperidine rings is 1. The second kappa shape index (κ2) is 21.3. The molecule has 4 heterocycles. The molecule has 0 radical (unpaired) electrons. The lowest BCUT2D eigenvalue weighted by Gasteiger charge is -2.35. The molecule has 4 amide bonds. The van der Waals surface area contributed by atoms with Crippen LogP contribution in [-0.2, 0) is 45.6 Å². The topological polar surface area (TPSA) is 166 Å². The van der Waals surface area contributed by atoms with Crippen molar-refractivity contribution in [1.82, 2.24) is 34.8 Å². The van der Waals surface area contributed by atoms with Crippen molar-refractivity contribution in [3.8, 4) is 22.6 Å². The molecule has 2 saturated heterocycles. The van der Waals surface area contributed by atoms with Gasteiger partial charge in [-0.15, -0.1) is 0 Å². The number of amides is 4. The molecule has 2 aromatic heterocycles. The van der Waals surface area contributed by atoms with Crippen molar-refractivity contribution in [3.05, 3.63) is 111 Å². The Bertz CT molecular complexity index is 3040. The van der Waals surface area contributed by atoms with Crippen molar-refractivity contribution in [1.29, 1.82) is 0 Å². The van der Waals surface area contributed by atoms with Gasteiger partial charge in [-0.2, -0.15) is 5.10 Å². The highest BCUT2D eigenvalue weighted by Gasteiger charge is 2.32. The van der Waals surface area contributed by atoms with E-state index in [2.05, 4.69) is 20.1 Å². The van der Waals surface area contributed by atoms with Crippen LogP contribution in [0.1, 0.15) is 90.3 Å². The number of hydrogen-bond donors (Lipinski definition) is 2. The highest BCUT2D eigenvalue weighted by Crippen LogP contribution is 2.42. The van der Waals surface area contributed by atoms with Crippen LogP contribution in [-0.4, -0.2) is 111 Å². The summed E-state index contributed by atoms with van der Waals surface area (Å²) in [5.41, 5.74) is 5.78. The third-order valence-corrected chi connectivity index (χ3v) is 13.5. The van der Waals surface area contributed by atoms with Gasteiger partial charge in [-0.1, -0.05) is 36.7 Å². The summed E-state index contributed by atoms with van der Waals surface area (Å²) in [7, 11) is 1.90. The first-order valence-corrected chi connectivity index (χ1v) is 24.6. The van der Waals surface area contributed by atoms with Crippen LogP contribution in [0.4, 0.5) is 4.39 Å². The Morgan fingerprint density at radius 2 is 1.69 bits per heavy atom. The van der Waals surface area contributed by atoms with Crippen molar-refractivity contribution in [2.75, 3.05) is 45.9 Å². The minimum Gasteiger partial charge on any atom is -0.493 e. The van der Waals surface area contributed by atoms with Crippen LogP contribution < -0.4 is 20.1 Å². The lowest BCUT2D eigenvalue weighted by Crippen LogP contribution is -2.52. The van der Waals surface area contributed by atoms with Gasteiger partial charge in [0.05, 0.1) is 22.8 Å². The third-order valence-electron chi connectivity index (χ3n) is 13.2. The Kier molecular flexibility index (Phi) is 15.2. The Morgan fingerprint density at radius 1 is 0.930 bits per heavy atom. The fraction of sp³-hybridized carbons (Fsp3) is 0.407. The van der Waals surface area contributed by atoms with Crippen LogP contribution in [0.3, 0.4) is 0 Å². The molecule has 15 nitrogen and oxygen atoms in total. The molecule has 2 fully saturated rings. The third kappa shape index (κ3) is 11.2. The van der Waals surface area contributed by atoms with Crippen LogP contribution >= 0.6 is 11.6 Å². The van der Waals surface area contributed by atoms with Crippen molar-refractivity contribution in [2.24, 2.45) is 7.05 Å². The molecule has 4 aromatic carbocycles. The maximum absolute atomic E-state index is 14.6. The number of ether oxygens (including phenoxy) is 3. The molecule has 1 unspecified atom stereocenters. The van der Waals surface area contributed by atoms with Gasteiger partial charge in [-0.25, -0.2) is 9.18 Å². The van der Waals surface area contributed by atoms with Gasteiger partial charge < -0.3 is 29.0 Å². The van der Waals surface area contributed by atoms with Gasteiger partial charge in [0.1, 0.15) is 34.7 Å². The smallest absolute Gasteiger partial charge is 0.355 e. The quantitative estimate of drug-likeness (QED) is 0.0553. The van der Waals surface area contributed by atoms with Crippen LogP contribution in [0.5, 0.6) is 11.5 Å². The number of rotatable bonds is 16. The molecule has 374 valence electrons. The lowest BCUT2D eigenvalue weighted by atomic mass is 9.98. The summed E-state index contributed by atoms with van der Waals surface area (Å²) >= 11 is 7.19. The number of nitrogens with zero attached hydrogens (tertiary/aromatic N) is 5. The van der Waals surface area contributed by atoms with E-state index in [4.69, 9.17) is 30.9 Å². The SMILES string of the molecule is CCc1cc(OCC(=O)N2CCN(CCn3c(C(=O)OC(C)(C)C)c(CCCOc4cccc5cc(F)ccc45)c4ccc(Cl)c(-c5c(C)nn(C)c5C)c43)CC2)ccc1C(=O)NC1CCC(=O)NC1=O. The Hall–Kier alpha value is -6.78. The molecule has 0 saturated carbocycles. The molecule has 0 aliphatic carbocycles. The van der Waals surface area contributed by atoms with E-state index in [0.29, 0.717) is 98.5 Å². The van der Waals surface area contributed by atoms with E-state index in [1.165, 1.54) is 12.1 Å². The van der Waals surface area contributed by atoms with E-state index in [-0.39, 0.29) is 37.1 Å². The number of imide groups is 1. The fourth-order valence-electron chi connectivity index (χ4n) is 9.62. The normalized spacial score (nSPS) is 15.6. The predicted octanol–water partition coefficient (Wildman–Crippen LogP) is 7.89. The maximum atomic E-state index is 14.6. The molecule has 17 heteroatoms. The van der Waals surface area contributed by atoms with Crippen LogP contribution in [0.2, 0.25) is 5.02 Å². The zero-order chi connectivity index (χ0) is 50.7. The van der Waals surface area contributed by atoms with Gasteiger partial charge >= 0.3 is 5.97 Å². The van der Waals surface area contributed by atoms with Gasteiger partial charge in [-0.05, 0) is 125 Å². The number of aromatic nitrogens is 3. The molecular formula is C54H61ClFN7O8. The average molecular weight is 991 g/mol. The highest BCUT2D eigenvalue weighted by molar-refractivity contribution is 6.35. The number of piperazine rings is 1. The number of esters is 1. The second-order valence-electron chi connectivity index (χ2n) is 19.2. The Morgan fingerprint density at radius 3 is 2.39 bits per heavy atom. The monoisotopic (exact) mass is 989 g/mol. The van der Waals surface area contributed by atoms with Crippen molar-refractivity contribution in [2.45, 2.75) is 91.8 Å². The van der Waals surface area contributed by atoms with Crippen molar-refractivity contribution < 1.29 is 42.6 Å². The summed E-state index contributed by atoms with van der Waals surface area (Å²) in [6.07, 6.45) is 1.93. The van der Waals surface area contributed by atoms with Gasteiger partial charge in [0.15, 0.2) is 6.61 Å². The summed E-state index contributed by atoms with van der Waals surface area (Å²) in [5.74, 6) is -1.16. The van der Waals surface area contributed by atoms with E-state index >= 15 is 0 Å². The molecule has 1 atom stereocenters. The summed E-state index contributed by atoms with van der Waals surface area (Å²) in [6.45, 7) is 14.6. The van der Waals surface area contributed by atoms with Gasteiger partial charge in [0.2, 0.25) is 11.8 Å². The number of carbonyl (C=O) groups excluding carboxylic acids is 5. The summed E-state index contributed by atoms with van der Waals surface area (Å²) < 4.78 is 36.4. The molecule has 2 aliphatic rings. The number of halogens is 2. The number of fused-ring (bicyclic) bond motifs is 2. The number of aryl methyl sites for hydroxylation is 4. The number of hydrogen-bond acceptors (Lipinski definition) is 10. The first kappa shape index (κ1) is 50.6. The Balaban J connectivity index is 0.991. The summed E-state index contributed by atoms with van der Waals surface area (Å²) in [4.78, 5) is 69.1. The largest absolute Gasteiger partial charge is 0.493 e. The van der Waals surface area contributed by atoms with E-state index in [1.807, 2.05) is 83.6 Å². The second-order valence-corrected chi connectivity index (χ2v) is 19.6. The van der Waals surface area contributed by atoms with Crippen LogP contribution in [0, 0.1) is 19.7 Å². The lowest BCUT2D eigenvalue weighted by molar-refractivity contribution is -0.135. The molecule has 6 aromatic rings. The standard InChI is InChI=1S/C54H61ClFN7O8/c1-8-34-30-37(15-17-39(34)51(66)57-43-20-21-45(64)58-52(43)67)70-31-46(65)62-25-22-61(23-26-62)24-27-63-49-41(18-19-42(55)48(49)47-32(2)59-60(7)33(47)3)40(50(63)53(68)71-54(4,5)6)12-10-28-69-44-13-9-11-35-29-36(56)14-16-38(35)44/h9,11,13-19,29-30,43H,8,10,12,20-28,31H2,1-7H3,(H,57,66)(H,58,64,67). The van der Waals surface area contributed by atoms with E-state index < -0.39 is 29.4 Å². The molecule has 71 heavy (non-hydrogen) atoms. The summed E-state index contributed by atoms with van der Waals surface area (Å²) in [5, 5.41) is 12.7. The van der Waals surface area contributed by atoms with Crippen molar-refractivity contribution >= 4 is 62.9 Å².